The summed E-state index contributed by atoms with van der Waals surface area (Å²) in [5.41, 5.74) is 0.179. The van der Waals surface area contributed by atoms with Crippen LogP contribution in [0.2, 0.25) is 0 Å². The SMILES string of the molecule is CC(C)N1CCN(C(C)(C)C)CC1C#N. The zero-order chi connectivity index (χ0) is 11.6. The van der Waals surface area contributed by atoms with Gasteiger partial charge in [0.15, 0.2) is 0 Å². The van der Waals surface area contributed by atoms with Crippen molar-refractivity contribution in [2.24, 2.45) is 0 Å². The number of rotatable bonds is 1. The molecule has 15 heavy (non-hydrogen) atoms. The van der Waals surface area contributed by atoms with Crippen LogP contribution in [0.4, 0.5) is 0 Å². The fourth-order valence-corrected chi connectivity index (χ4v) is 2.14. The molecule has 0 spiro atoms. The first-order valence-electron chi connectivity index (χ1n) is 5.76. The second kappa shape index (κ2) is 4.51. The Bertz CT molecular complexity index is 247. The molecule has 86 valence electrons. The number of nitrogens with zero attached hydrogens (tertiary/aromatic N) is 3. The first-order chi connectivity index (χ1) is 6.86. The van der Waals surface area contributed by atoms with Gasteiger partial charge < -0.3 is 0 Å². The zero-order valence-electron chi connectivity index (χ0n) is 10.6. The Kier molecular flexibility index (Phi) is 3.75. The van der Waals surface area contributed by atoms with Crippen LogP contribution in [0.25, 0.3) is 0 Å². The van der Waals surface area contributed by atoms with Crippen LogP contribution < -0.4 is 0 Å². The third-order valence-corrected chi connectivity index (χ3v) is 3.18. The smallest absolute Gasteiger partial charge is 0.111 e. The summed E-state index contributed by atoms with van der Waals surface area (Å²) in [6.45, 7) is 13.9. The Morgan fingerprint density at radius 3 is 2.27 bits per heavy atom. The van der Waals surface area contributed by atoms with E-state index in [-0.39, 0.29) is 11.6 Å². The lowest BCUT2D eigenvalue weighted by Crippen LogP contribution is -2.59. The first-order valence-corrected chi connectivity index (χ1v) is 5.76. The molecule has 1 aliphatic rings. The van der Waals surface area contributed by atoms with Crippen LogP contribution in [0, 0.1) is 11.3 Å². The molecule has 3 nitrogen and oxygen atoms in total. The van der Waals surface area contributed by atoms with Crippen molar-refractivity contribution >= 4 is 0 Å². The van der Waals surface area contributed by atoms with E-state index < -0.39 is 0 Å². The van der Waals surface area contributed by atoms with Gasteiger partial charge in [-0.1, -0.05) is 0 Å². The molecule has 3 heteroatoms. The van der Waals surface area contributed by atoms with Crippen LogP contribution in [-0.2, 0) is 0 Å². The molecule has 1 heterocycles. The largest absolute Gasteiger partial charge is 0.295 e. The fraction of sp³-hybridized carbons (Fsp3) is 0.917. The van der Waals surface area contributed by atoms with Crippen molar-refractivity contribution in [3.05, 3.63) is 0 Å². The van der Waals surface area contributed by atoms with Gasteiger partial charge in [-0.25, -0.2) is 0 Å². The Labute approximate surface area is 93.7 Å². The van der Waals surface area contributed by atoms with Gasteiger partial charge in [0.2, 0.25) is 0 Å². The molecule has 0 N–H and O–H groups in total. The number of hydrogen-bond acceptors (Lipinski definition) is 3. The molecule has 1 fully saturated rings. The Balaban J connectivity index is 2.68. The summed E-state index contributed by atoms with van der Waals surface area (Å²) in [4.78, 5) is 4.70. The molecule has 0 saturated carbocycles. The van der Waals surface area contributed by atoms with E-state index in [2.05, 4.69) is 50.5 Å². The summed E-state index contributed by atoms with van der Waals surface area (Å²) < 4.78 is 0. The summed E-state index contributed by atoms with van der Waals surface area (Å²) in [6.07, 6.45) is 0. The molecule has 0 amide bonds. The van der Waals surface area contributed by atoms with Gasteiger partial charge >= 0.3 is 0 Å². The molecule has 0 radical (unpaired) electrons. The van der Waals surface area contributed by atoms with Gasteiger partial charge in [-0.2, -0.15) is 5.26 Å². The summed E-state index contributed by atoms with van der Waals surface area (Å²) in [5.74, 6) is 0. The monoisotopic (exact) mass is 209 g/mol. The van der Waals surface area contributed by atoms with Crippen LogP contribution in [-0.4, -0.2) is 47.1 Å². The van der Waals surface area contributed by atoms with Gasteiger partial charge in [0.05, 0.1) is 6.07 Å². The van der Waals surface area contributed by atoms with E-state index in [1.165, 1.54) is 0 Å². The molecule has 1 aliphatic heterocycles. The van der Waals surface area contributed by atoms with E-state index >= 15 is 0 Å². The summed E-state index contributed by atoms with van der Waals surface area (Å²) in [7, 11) is 0. The molecule has 0 bridgehead atoms. The first kappa shape index (κ1) is 12.5. The van der Waals surface area contributed by atoms with Gasteiger partial charge in [-0.05, 0) is 34.6 Å². The molecule has 1 saturated heterocycles. The molecule has 0 aliphatic carbocycles. The van der Waals surface area contributed by atoms with Crippen molar-refractivity contribution in [1.29, 1.82) is 5.26 Å². The Morgan fingerprint density at radius 1 is 1.27 bits per heavy atom. The number of hydrogen-bond donors (Lipinski definition) is 0. The van der Waals surface area contributed by atoms with E-state index in [9.17, 15) is 5.26 Å². The van der Waals surface area contributed by atoms with Crippen LogP contribution >= 0.6 is 0 Å². The van der Waals surface area contributed by atoms with E-state index in [0.717, 1.165) is 19.6 Å². The normalized spacial score (nSPS) is 25.5. The molecule has 0 aromatic heterocycles. The maximum Gasteiger partial charge on any atom is 0.111 e. The molecular weight excluding hydrogens is 186 g/mol. The molecule has 1 rings (SSSR count). The van der Waals surface area contributed by atoms with E-state index in [4.69, 9.17) is 0 Å². The predicted octanol–water partition coefficient (Wildman–Crippen LogP) is 1.70. The predicted molar refractivity (Wildman–Crippen MR) is 62.6 cm³/mol. The van der Waals surface area contributed by atoms with Crippen molar-refractivity contribution in [3.8, 4) is 6.07 Å². The second-order valence-corrected chi connectivity index (χ2v) is 5.59. The van der Waals surface area contributed by atoms with E-state index in [1.54, 1.807) is 0 Å². The fourth-order valence-electron chi connectivity index (χ4n) is 2.14. The van der Waals surface area contributed by atoms with E-state index in [0.29, 0.717) is 6.04 Å². The van der Waals surface area contributed by atoms with Crippen LogP contribution in [0.1, 0.15) is 34.6 Å². The lowest BCUT2D eigenvalue weighted by Gasteiger charge is -2.45. The molecule has 0 aromatic rings. The van der Waals surface area contributed by atoms with Crippen molar-refractivity contribution < 1.29 is 0 Å². The Morgan fingerprint density at radius 2 is 1.87 bits per heavy atom. The lowest BCUT2D eigenvalue weighted by molar-refractivity contribution is 0.0261. The van der Waals surface area contributed by atoms with Crippen LogP contribution in [0.15, 0.2) is 0 Å². The highest BCUT2D eigenvalue weighted by Crippen LogP contribution is 2.20. The molecule has 1 unspecified atom stereocenters. The second-order valence-electron chi connectivity index (χ2n) is 5.59. The molecule has 1 atom stereocenters. The minimum absolute atomic E-state index is 0.0537. The topological polar surface area (TPSA) is 30.3 Å². The third kappa shape index (κ3) is 2.93. The maximum absolute atomic E-state index is 9.18. The quantitative estimate of drug-likeness (QED) is 0.658. The third-order valence-electron chi connectivity index (χ3n) is 3.18. The highest BCUT2D eigenvalue weighted by atomic mass is 15.3. The van der Waals surface area contributed by atoms with Gasteiger partial charge in [0.25, 0.3) is 0 Å². The van der Waals surface area contributed by atoms with Gasteiger partial charge in [-0.3, -0.25) is 9.80 Å². The highest BCUT2D eigenvalue weighted by molar-refractivity contribution is 5.00. The Hall–Kier alpha value is -0.590. The van der Waals surface area contributed by atoms with Crippen molar-refractivity contribution in [2.75, 3.05) is 19.6 Å². The highest BCUT2D eigenvalue weighted by Gasteiger charge is 2.33. The number of piperazine rings is 1. The summed E-state index contributed by atoms with van der Waals surface area (Å²) in [6, 6.07) is 2.94. The van der Waals surface area contributed by atoms with Gasteiger partial charge in [0, 0.05) is 31.2 Å². The van der Waals surface area contributed by atoms with Crippen molar-refractivity contribution in [1.82, 2.24) is 9.80 Å². The molecular formula is C12H23N3. The summed E-state index contributed by atoms with van der Waals surface area (Å²) >= 11 is 0. The lowest BCUT2D eigenvalue weighted by atomic mass is 10.0. The average molecular weight is 209 g/mol. The maximum atomic E-state index is 9.18. The van der Waals surface area contributed by atoms with E-state index in [1.807, 2.05) is 0 Å². The van der Waals surface area contributed by atoms with Gasteiger partial charge in [0.1, 0.15) is 6.04 Å². The molecule has 0 aromatic carbocycles. The minimum Gasteiger partial charge on any atom is -0.295 e. The van der Waals surface area contributed by atoms with Crippen LogP contribution in [0.5, 0.6) is 0 Å². The van der Waals surface area contributed by atoms with Crippen LogP contribution in [0.3, 0.4) is 0 Å². The van der Waals surface area contributed by atoms with Crippen molar-refractivity contribution in [3.63, 3.8) is 0 Å². The average Bonchev–Trinajstić information content (AvgIpc) is 2.15. The van der Waals surface area contributed by atoms with Crippen molar-refractivity contribution in [2.45, 2.75) is 52.2 Å². The number of nitriles is 1. The minimum atomic E-state index is 0.0537. The standard InChI is InChI=1S/C12H23N3/c1-10(2)15-7-6-14(12(3,4)5)9-11(15)8-13/h10-11H,6-7,9H2,1-5H3. The summed E-state index contributed by atoms with van der Waals surface area (Å²) in [5, 5.41) is 9.18. The zero-order valence-corrected chi connectivity index (χ0v) is 10.6. The van der Waals surface area contributed by atoms with Gasteiger partial charge in [-0.15, -0.1) is 0 Å².